The van der Waals surface area contributed by atoms with E-state index >= 15 is 0 Å². The molecule has 0 aliphatic carbocycles. The van der Waals surface area contributed by atoms with Crippen molar-refractivity contribution in [2.45, 2.75) is 13.0 Å². The average molecular weight is 361 g/mol. The van der Waals surface area contributed by atoms with Gasteiger partial charge in [0, 0.05) is 5.02 Å². The van der Waals surface area contributed by atoms with Crippen LogP contribution >= 0.6 is 27.5 Å². The molecule has 0 aliphatic rings. The summed E-state index contributed by atoms with van der Waals surface area (Å²) in [6.45, 7) is 2.63. The van der Waals surface area contributed by atoms with Gasteiger partial charge in [-0.05, 0) is 51.8 Å². The molecule has 1 N–H and O–H groups in total. The number of rotatable bonds is 4. The minimum atomic E-state index is -0.882. The van der Waals surface area contributed by atoms with E-state index in [0.717, 1.165) is 11.6 Å². The van der Waals surface area contributed by atoms with Crippen molar-refractivity contribution in [2.75, 3.05) is 6.54 Å². The molecule has 5 heteroatoms. The molecule has 1 unspecified atom stereocenters. The number of hydrogen-bond donors (Lipinski definition) is 1. The standard InChI is InChI=1S/C15H13BrClF2N/c1-2-20-15(9-4-3-5-10(17)8-9)11-6-7-12(18)14(19)13(11)16/h3-8,15,20H,2H2,1H3. The predicted octanol–water partition coefficient (Wildman–Crippen LogP) is 5.08. The molecule has 0 heterocycles. The van der Waals surface area contributed by atoms with E-state index < -0.39 is 11.6 Å². The lowest BCUT2D eigenvalue weighted by Gasteiger charge is -2.21. The maximum atomic E-state index is 13.7. The summed E-state index contributed by atoms with van der Waals surface area (Å²) in [6.07, 6.45) is 0. The van der Waals surface area contributed by atoms with Gasteiger partial charge in [0.05, 0.1) is 10.5 Å². The van der Waals surface area contributed by atoms with E-state index in [2.05, 4.69) is 21.2 Å². The van der Waals surface area contributed by atoms with Gasteiger partial charge in [-0.25, -0.2) is 8.78 Å². The molecule has 0 radical (unpaired) electrons. The van der Waals surface area contributed by atoms with Crippen LogP contribution in [0.15, 0.2) is 40.9 Å². The maximum absolute atomic E-state index is 13.7. The van der Waals surface area contributed by atoms with E-state index in [1.54, 1.807) is 12.1 Å². The zero-order valence-electron chi connectivity index (χ0n) is 10.8. The van der Waals surface area contributed by atoms with Gasteiger partial charge in [-0.1, -0.05) is 36.7 Å². The van der Waals surface area contributed by atoms with E-state index in [4.69, 9.17) is 11.6 Å². The third-order valence-electron chi connectivity index (χ3n) is 2.97. The van der Waals surface area contributed by atoms with Crippen molar-refractivity contribution < 1.29 is 8.78 Å². The molecular weight excluding hydrogens is 348 g/mol. The van der Waals surface area contributed by atoms with Crippen molar-refractivity contribution in [1.82, 2.24) is 5.32 Å². The largest absolute Gasteiger partial charge is 0.306 e. The van der Waals surface area contributed by atoms with E-state index in [-0.39, 0.29) is 10.5 Å². The third kappa shape index (κ3) is 3.19. The first kappa shape index (κ1) is 15.4. The van der Waals surface area contributed by atoms with Gasteiger partial charge >= 0.3 is 0 Å². The van der Waals surface area contributed by atoms with Crippen molar-refractivity contribution in [3.8, 4) is 0 Å². The molecule has 1 nitrogen and oxygen atoms in total. The van der Waals surface area contributed by atoms with Crippen LogP contribution in [0.1, 0.15) is 24.1 Å². The first-order valence-electron chi connectivity index (χ1n) is 6.16. The monoisotopic (exact) mass is 359 g/mol. The normalized spacial score (nSPS) is 12.4. The summed E-state index contributed by atoms with van der Waals surface area (Å²) in [5.74, 6) is -1.76. The Morgan fingerprint density at radius 3 is 2.65 bits per heavy atom. The molecule has 0 aromatic heterocycles. The van der Waals surface area contributed by atoms with Crippen molar-refractivity contribution in [3.05, 3.63) is 68.7 Å². The first-order valence-corrected chi connectivity index (χ1v) is 7.34. The van der Waals surface area contributed by atoms with Gasteiger partial charge in [-0.2, -0.15) is 0 Å². The van der Waals surface area contributed by atoms with Gasteiger partial charge in [0.1, 0.15) is 0 Å². The van der Waals surface area contributed by atoms with E-state index in [9.17, 15) is 8.78 Å². The van der Waals surface area contributed by atoms with Gasteiger partial charge in [0.15, 0.2) is 11.6 Å². The average Bonchev–Trinajstić information content (AvgIpc) is 2.43. The lowest BCUT2D eigenvalue weighted by atomic mass is 9.98. The van der Waals surface area contributed by atoms with Crippen LogP contribution in [0.5, 0.6) is 0 Å². The Morgan fingerprint density at radius 2 is 2.00 bits per heavy atom. The Hall–Kier alpha value is -0.970. The molecule has 0 aliphatic heterocycles. The SMILES string of the molecule is CCNC(c1cccc(Cl)c1)c1ccc(F)c(F)c1Br. The molecule has 0 spiro atoms. The first-order chi connectivity index (χ1) is 9.54. The highest BCUT2D eigenvalue weighted by molar-refractivity contribution is 9.10. The maximum Gasteiger partial charge on any atom is 0.173 e. The molecule has 0 fully saturated rings. The highest BCUT2D eigenvalue weighted by Gasteiger charge is 2.20. The number of nitrogens with one attached hydrogen (secondary N) is 1. The Kier molecular flexibility index (Phi) is 5.13. The second-order valence-corrected chi connectivity index (χ2v) is 5.54. The molecule has 1 atom stereocenters. The summed E-state index contributed by atoms with van der Waals surface area (Å²) in [5, 5.41) is 3.85. The smallest absolute Gasteiger partial charge is 0.173 e. The summed E-state index contributed by atoms with van der Waals surface area (Å²) in [5.41, 5.74) is 1.53. The van der Waals surface area contributed by atoms with Crippen LogP contribution in [0, 0.1) is 11.6 Å². The molecule has 0 bridgehead atoms. The summed E-state index contributed by atoms with van der Waals surface area (Å²) < 4.78 is 27.1. The second kappa shape index (κ2) is 6.66. The van der Waals surface area contributed by atoms with Gasteiger partial charge in [-0.15, -0.1) is 0 Å². The Balaban J connectivity index is 2.51. The molecule has 0 amide bonds. The fraction of sp³-hybridized carbons (Fsp3) is 0.200. The van der Waals surface area contributed by atoms with E-state index in [1.165, 1.54) is 0 Å². The molecule has 0 saturated carbocycles. The second-order valence-electron chi connectivity index (χ2n) is 4.31. The lowest BCUT2D eigenvalue weighted by Crippen LogP contribution is -2.22. The Bertz CT molecular complexity index is 619. The zero-order valence-corrected chi connectivity index (χ0v) is 13.1. The molecule has 2 aromatic rings. The van der Waals surface area contributed by atoms with Crippen molar-refractivity contribution in [1.29, 1.82) is 0 Å². The van der Waals surface area contributed by atoms with Crippen LogP contribution in [0.4, 0.5) is 8.78 Å². The van der Waals surface area contributed by atoms with Gasteiger partial charge < -0.3 is 5.32 Å². The predicted molar refractivity (Wildman–Crippen MR) is 81.0 cm³/mol. The fourth-order valence-electron chi connectivity index (χ4n) is 2.06. The van der Waals surface area contributed by atoms with Gasteiger partial charge in [0.2, 0.25) is 0 Å². The quantitative estimate of drug-likeness (QED) is 0.750. The van der Waals surface area contributed by atoms with Crippen LogP contribution in [0.2, 0.25) is 5.02 Å². The van der Waals surface area contributed by atoms with Crippen LogP contribution < -0.4 is 5.32 Å². The summed E-state index contributed by atoms with van der Waals surface area (Å²) in [6, 6.07) is 9.74. The minimum Gasteiger partial charge on any atom is -0.306 e. The van der Waals surface area contributed by atoms with E-state index in [0.29, 0.717) is 17.1 Å². The minimum absolute atomic E-state index is 0.128. The molecule has 20 heavy (non-hydrogen) atoms. The van der Waals surface area contributed by atoms with Gasteiger partial charge in [-0.3, -0.25) is 0 Å². The summed E-state index contributed by atoms with van der Waals surface area (Å²) >= 11 is 9.13. The van der Waals surface area contributed by atoms with Crippen LogP contribution in [0.3, 0.4) is 0 Å². The van der Waals surface area contributed by atoms with Crippen LogP contribution in [0.25, 0.3) is 0 Å². The molecular formula is C15H13BrClF2N. The number of benzene rings is 2. The lowest BCUT2D eigenvalue weighted by molar-refractivity contribution is 0.498. The van der Waals surface area contributed by atoms with Crippen molar-refractivity contribution >= 4 is 27.5 Å². The van der Waals surface area contributed by atoms with Crippen LogP contribution in [-0.4, -0.2) is 6.54 Å². The Labute approximate surface area is 130 Å². The third-order valence-corrected chi connectivity index (χ3v) is 4.01. The van der Waals surface area contributed by atoms with Crippen molar-refractivity contribution in [3.63, 3.8) is 0 Å². The molecule has 2 rings (SSSR count). The molecule has 0 saturated heterocycles. The number of halogens is 4. The fourth-order valence-corrected chi connectivity index (χ4v) is 2.81. The van der Waals surface area contributed by atoms with Crippen LogP contribution in [-0.2, 0) is 0 Å². The van der Waals surface area contributed by atoms with Crippen molar-refractivity contribution in [2.24, 2.45) is 0 Å². The topological polar surface area (TPSA) is 12.0 Å². The summed E-state index contributed by atoms with van der Waals surface area (Å²) in [4.78, 5) is 0. The van der Waals surface area contributed by atoms with E-state index in [1.807, 2.05) is 25.1 Å². The zero-order chi connectivity index (χ0) is 14.7. The number of hydrogen-bond acceptors (Lipinski definition) is 1. The summed E-state index contributed by atoms with van der Waals surface area (Å²) in [7, 11) is 0. The highest BCUT2D eigenvalue weighted by Crippen LogP contribution is 2.32. The molecule has 106 valence electrons. The van der Waals surface area contributed by atoms with Gasteiger partial charge in [0.25, 0.3) is 0 Å². The Morgan fingerprint density at radius 1 is 1.25 bits per heavy atom. The molecule has 2 aromatic carbocycles. The highest BCUT2D eigenvalue weighted by atomic mass is 79.9.